The van der Waals surface area contributed by atoms with Gasteiger partial charge in [-0.2, -0.15) is 11.8 Å². The van der Waals surface area contributed by atoms with E-state index < -0.39 is 0 Å². The van der Waals surface area contributed by atoms with Crippen LogP contribution in [0.2, 0.25) is 0 Å². The fourth-order valence-corrected chi connectivity index (χ4v) is 2.54. The van der Waals surface area contributed by atoms with Crippen LogP contribution in [0.15, 0.2) is 29.3 Å². The zero-order valence-corrected chi connectivity index (χ0v) is 19.7. The Labute approximate surface area is 175 Å². The Bertz CT molecular complexity index is 516. The predicted octanol–water partition coefficient (Wildman–Crippen LogP) is 3.95. The molecule has 0 atom stereocenters. The number of rotatable bonds is 9. The first-order valence-corrected chi connectivity index (χ1v) is 9.96. The van der Waals surface area contributed by atoms with E-state index in [1.165, 1.54) is 11.1 Å². The van der Waals surface area contributed by atoms with E-state index >= 15 is 0 Å². The third-order valence-corrected chi connectivity index (χ3v) is 5.46. The third kappa shape index (κ3) is 9.70. The Morgan fingerprint density at radius 2 is 1.80 bits per heavy atom. The molecule has 0 unspecified atom stereocenters. The minimum absolute atomic E-state index is 0. The molecule has 6 heteroatoms. The van der Waals surface area contributed by atoms with Crippen LogP contribution in [0.25, 0.3) is 0 Å². The number of benzene rings is 1. The van der Waals surface area contributed by atoms with E-state index in [4.69, 9.17) is 0 Å². The van der Waals surface area contributed by atoms with Crippen molar-refractivity contribution in [3.8, 4) is 0 Å². The number of hydrogen-bond donors (Lipinski definition) is 2. The average Bonchev–Trinajstić information content (AvgIpc) is 2.60. The summed E-state index contributed by atoms with van der Waals surface area (Å²) in [5.41, 5.74) is 2.65. The van der Waals surface area contributed by atoms with Gasteiger partial charge in [0.25, 0.3) is 0 Å². The van der Waals surface area contributed by atoms with Gasteiger partial charge in [-0.15, -0.1) is 24.0 Å². The van der Waals surface area contributed by atoms with Crippen LogP contribution in [-0.4, -0.2) is 48.5 Å². The van der Waals surface area contributed by atoms with E-state index in [0.717, 1.165) is 38.7 Å². The summed E-state index contributed by atoms with van der Waals surface area (Å²) < 4.78 is 0.196. The van der Waals surface area contributed by atoms with Gasteiger partial charge >= 0.3 is 0 Å². The van der Waals surface area contributed by atoms with Crippen LogP contribution in [0.5, 0.6) is 0 Å². The second-order valence-corrected chi connectivity index (χ2v) is 8.04. The lowest BCUT2D eigenvalue weighted by atomic mass is 10.1. The van der Waals surface area contributed by atoms with Crippen LogP contribution in [0.3, 0.4) is 0 Å². The first kappa shape index (κ1) is 24.5. The molecule has 1 aromatic carbocycles. The highest BCUT2D eigenvalue weighted by Gasteiger charge is 2.16. The van der Waals surface area contributed by atoms with Gasteiger partial charge in [-0.25, -0.2) is 0 Å². The Morgan fingerprint density at radius 1 is 1.16 bits per heavy atom. The highest BCUT2D eigenvalue weighted by atomic mass is 127. The van der Waals surface area contributed by atoms with E-state index in [2.05, 4.69) is 78.7 Å². The molecule has 0 aliphatic rings. The highest BCUT2D eigenvalue weighted by molar-refractivity contribution is 14.0. The summed E-state index contributed by atoms with van der Waals surface area (Å²) in [6, 6.07) is 8.79. The maximum atomic E-state index is 4.31. The maximum absolute atomic E-state index is 4.31. The summed E-state index contributed by atoms with van der Waals surface area (Å²) in [6.45, 7) is 13.7. The molecular formula is C19H35IN4S. The minimum atomic E-state index is 0. The van der Waals surface area contributed by atoms with Gasteiger partial charge in [-0.05, 0) is 44.3 Å². The lowest BCUT2D eigenvalue weighted by molar-refractivity contribution is 0.296. The second-order valence-electron chi connectivity index (χ2n) is 6.52. The van der Waals surface area contributed by atoms with Crippen molar-refractivity contribution in [3.05, 3.63) is 35.4 Å². The fourth-order valence-electron chi connectivity index (χ4n) is 2.32. The molecule has 0 aliphatic carbocycles. The largest absolute Gasteiger partial charge is 0.355 e. The second kappa shape index (κ2) is 12.8. The van der Waals surface area contributed by atoms with Gasteiger partial charge in [0.15, 0.2) is 5.96 Å². The van der Waals surface area contributed by atoms with Crippen molar-refractivity contribution < 1.29 is 0 Å². The summed E-state index contributed by atoms with van der Waals surface area (Å²) in [5.74, 6) is 0.853. The number of hydrogen-bond acceptors (Lipinski definition) is 3. The zero-order valence-electron chi connectivity index (χ0n) is 16.6. The van der Waals surface area contributed by atoms with Crippen LogP contribution >= 0.6 is 35.7 Å². The van der Waals surface area contributed by atoms with Gasteiger partial charge in [0, 0.05) is 31.4 Å². The molecule has 0 bridgehead atoms. The molecule has 0 fully saturated rings. The number of aliphatic imine (C=N–C) groups is 1. The van der Waals surface area contributed by atoms with Crippen molar-refractivity contribution >= 4 is 41.7 Å². The lowest BCUT2D eigenvalue weighted by Crippen LogP contribution is -2.43. The number of nitrogens with one attached hydrogen (secondary N) is 2. The molecule has 144 valence electrons. The van der Waals surface area contributed by atoms with Gasteiger partial charge in [-0.3, -0.25) is 9.89 Å². The topological polar surface area (TPSA) is 39.7 Å². The van der Waals surface area contributed by atoms with E-state index in [0.29, 0.717) is 0 Å². The lowest BCUT2D eigenvalue weighted by Gasteiger charge is -2.24. The van der Waals surface area contributed by atoms with Crippen LogP contribution in [0, 0.1) is 0 Å². The Kier molecular flexibility index (Phi) is 12.6. The van der Waals surface area contributed by atoms with Gasteiger partial charge in [0.05, 0.1) is 0 Å². The van der Waals surface area contributed by atoms with E-state index in [9.17, 15) is 0 Å². The number of guanidine groups is 1. The molecule has 0 aliphatic heterocycles. The standard InChI is InChI=1S/C19H34N4S.HI/c1-7-23(8-2)14-17-11-9-10-16(12-17)13-21-18(20-5)22-15-19(3,4)24-6;/h9-12H,7-8,13-15H2,1-6H3,(H2,20,21,22);1H. The predicted molar refractivity (Wildman–Crippen MR) is 124 cm³/mol. The summed E-state index contributed by atoms with van der Waals surface area (Å²) in [5, 5.41) is 6.81. The maximum Gasteiger partial charge on any atom is 0.191 e. The molecule has 0 aromatic heterocycles. The molecular weight excluding hydrogens is 443 g/mol. The molecule has 25 heavy (non-hydrogen) atoms. The Hall–Kier alpha value is -0.470. The third-order valence-electron chi connectivity index (χ3n) is 4.21. The quantitative estimate of drug-likeness (QED) is 0.320. The van der Waals surface area contributed by atoms with E-state index in [1.54, 1.807) is 0 Å². The first-order chi connectivity index (χ1) is 11.4. The molecule has 0 saturated carbocycles. The molecule has 0 radical (unpaired) electrons. The van der Waals surface area contributed by atoms with Crippen LogP contribution in [-0.2, 0) is 13.1 Å². The average molecular weight is 478 g/mol. The van der Waals surface area contributed by atoms with Crippen molar-refractivity contribution in [3.63, 3.8) is 0 Å². The van der Waals surface area contributed by atoms with E-state index in [1.807, 2.05) is 18.8 Å². The zero-order chi connectivity index (χ0) is 18.0. The molecule has 2 N–H and O–H groups in total. The molecule has 0 saturated heterocycles. The number of halogens is 1. The van der Waals surface area contributed by atoms with Crippen LogP contribution in [0.1, 0.15) is 38.8 Å². The minimum Gasteiger partial charge on any atom is -0.355 e. The van der Waals surface area contributed by atoms with Gasteiger partial charge < -0.3 is 10.6 Å². The van der Waals surface area contributed by atoms with Crippen molar-refractivity contribution in [1.82, 2.24) is 15.5 Å². The summed E-state index contributed by atoms with van der Waals surface area (Å²) >= 11 is 1.86. The highest BCUT2D eigenvalue weighted by Crippen LogP contribution is 2.19. The first-order valence-electron chi connectivity index (χ1n) is 8.74. The molecule has 1 rings (SSSR count). The Morgan fingerprint density at radius 3 is 2.36 bits per heavy atom. The van der Waals surface area contributed by atoms with Crippen molar-refractivity contribution in [2.75, 3.05) is 32.9 Å². The molecule has 0 spiro atoms. The smallest absolute Gasteiger partial charge is 0.191 e. The summed E-state index contributed by atoms with van der Waals surface area (Å²) in [4.78, 5) is 6.74. The molecule has 0 amide bonds. The summed E-state index contributed by atoms with van der Waals surface area (Å²) in [7, 11) is 1.82. The monoisotopic (exact) mass is 478 g/mol. The summed E-state index contributed by atoms with van der Waals surface area (Å²) in [6.07, 6.45) is 2.14. The van der Waals surface area contributed by atoms with Crippen LogP contribution < -0.4 is 10.6 Å². The molecule has 1 aromatic rings. The number of nitrogens with zero attached hydrogens (tertiary/aromatic N) is 2. The van der Waals surface area contributed by atoms with Gasteiger partial charge in [0.2, 0.25) is 0 Å². The van der Waals surface area contributed by atoms with Crippen molar-refractivity contribution in [2.45, 2.75) is 45.5 Å². The molecule has 0 heterocycles. The fraction of sp³-hybridized carbons (Fsp3) is 0.632. The SMILES string of the molecule is CCN(CC)Cc1cccc(CNC(=NC)NCC(C)(C)SC)c1.I. The van der Waals surface area contributed by atoms with Gasteiger partial charge in [-0.1, -0.05) is 38.1 Å². The molecule has 4 nitrogen and oxygen atoms in total. The van der Waals surface area contributed by atoms with Crippen molar-refractivity contribution in [2.24, 2.45) is 4.99 Å². The normalized spacial score (nSPS) is 12.0. The Balaban J connectivity index is 0.00000576. The van der Waals surface area contributed by atoms with Crippen LogP contribution in [0.4, 0.5) is 0 Å². The van der Waals surface area contributed by atoms with Crippen molar-refractivity contribution in [1.29, 1.82) is 0 Å². The van der Waals surface area contributed by atoms with Gasteiger partial charge in [0.1, 0.15) is 0 Å². The van der Waals surface area contributed by atoms with E-state index in [-0.39, 0.29) is 28.7 Å². The number of thioether (sulfide) groups is 1.